The molecule has 6 rings (SSSR count). The zero-order valence-corrected chi connectivity index (χ0v) is 28.0. The lowest BCUT2D eigenvalue weighted by molar-refractivity contribution is 0.0122. The normalized spacial score (nSPS) is 18.0. The van der Waals surface area contributed by atoms with Gasteiger partial charge in [-0.1, -0.05) is 35.5 Å². The number of anilines is 1. The van der Waals surface area contributed by atoms with Gasteiger partial charge < -0.3 is 23.8 Å². The summed E-state index contributed by atoms with van der Waals surface area (Å²) in [6, 6.07) is 7.54. The molecule has 2 bridgehead atoms. The second-order valence-corrected chi connectivity index (χ2v) is 13.5. The third-order valence-corrected chi connectivity index (χ3v) is 9.14. The number of rotatable bonds is 7. The summed E-state index contributed by atoms with van der Waals surface area (Å²) in [7, 11) is 2.92. The van der Waals surface area contributed by atoms with Crippen molar-refractivity contribution in [3.8, 4) is 22.6 Å². The molecular formula is C33H35ClF2N4O5S. The van der Waals surface area contributed by atoms with Gasteiger partial charge in [-0.15, -0.1) is 0 Å². The van der Waals surface area contributed by atoms with Crippen LogP contribution >= 0.6 is 23.4 Å². The van der Waals surface area contributed by atoms with E-state index in [1.165, 1.54) is 38.1 Å². The van der Waals surface area contributed by atoms with Gasteiger partial charge >= 0.3 is 6.09 Å². The van der Waals surface area contributed by atoms with Crippen LogP contribution < -0.4 is 14.4 Å². The van der Waals surface area contributed by atoms with Crippen molar-refractivity contribution >= 4 is 56.9 Å². The van der Waals surface area contributed by atoms with Crippen LogP contribution in [0.5, 0.6) is 11.5 Å². The first-order valence-corrected chi connectivity index (χ1v) is 16.5. The predicted octanol–water partition coefficient (Wildman–Crippen LogP) is 7.68. The average molecular weight is 673 g/mol. The Kier molecular flexibility index (Phi) is 8.81. The minimum Gasteiger partial charge on any atom is -0.494 e. The van der Waals surface area contributed by atoms with E-state index in [9.17, 15) is 4.79 Å². The van der Waals surface area contributed by atoms with Crippen molar-refractivity contribution in [2.45, 2.75) is 56.5 Å². The van der Waals surface area contributed by atoms with E-state index in [1.807, 2.05) is 30.6 Å². The van der Waals surface area contributed by atoms with Crippen LogP contribution in [0.3, 0.4) is 0 Å². The second kappa shape index (κ2) is 12.5. The van der Waals surface area contributed by atoms with Gasteiger partial charge in [-0.25, -0.2) is 23.5 Å². The summed E-state index contributed by atoms with van der Waals surface area (Å²) < 4.78 is 54.8. The molecule has 13 heteroatoms. The molecule has 3 aromatic carbocycles. The first kappa shape index (κ1) is 32.3. The lowest BCUT2D eigenvalue weighted by Crippen LogP contribution is -2.57. The second-order valence-electron chi connectivity index (χ2n) is 12.3. The van der Waals surface area contributed by atoms with Crippen molar-refractivity contribution in [3.05, 3.63) is 47.0 Å². The molecule has 244 valence electrons. The van der Waals surface area contributed by atoms with Crippen LogP contribution in [-0.2, 0) is 9.47 Å². The molecule has 0 N–H and O–H groups in total. The minimum absolute atomic E-state index is 0.0137. The summed E-state index contributed by atoms with van der Waals surface area (Å²) in [5.74, 6) is -0.343. The maximum atomic E-state index is 17.0. The molecule has 1 aromatic heterocycles. The van der Waals surface area contributed by atoms with Crippen molar-refractivity contribution < 1.29 is 32.5 Å². The standard InChI is InChI=1S/C33H35ClF2N4O5S/c1-33(2,3)45-32(41)40-18-10-11-19(40)15-39(14-18)30-25-28(37-31(38-30)46-6)27(36)24(26(34)29(25)43-5)21-13-20(44-16-42-4)12-17-8-7-9-22(35)23(17)21/h7-9,12-13,18-19H,10-11,14-16H2,1-6H3. The van der Waals surface area contributed by atoms with Gasteiger partial charge in [-0.2, -0.15) is 0 Å². The van der Waals surface area contributed by atoms with Crippen molar-refractivity contribution in [2.24, 2.45) is 0 Å². The molecule has 4 aromatic rings. The zero-order valence-electron chi connectivity index (χ0n) is 26.4. The number of hydrogen-bond acceptors (Lipinski definition) is 9. The van der Waals surface area contributed by atoms with E-state index in [1.54, 1.807) is 24.5 Å². The Bertz CT molecular complexity index is 1820. The van der Waals surface area contributed by atoms with Gasteiger partial charge in [0.1, 0.15) is 28.5 Å². The average Bonchev–Trinajstić information content (AvgIpc) is 3.28. The number of aromatic nitrogens is 2. The summed E-state index contributed by atoms with van der Waals surface area (Å²) in [6.45, 7) is 6.38. The van der Waals surface area contributed by atoms with Gasteiger partial charge in [-0.05, 0) is 63.5 Å². The van der Waals surface area contributed by atoms with Gasteiger partial charge in [0.05, 0.1) is 29.6 Å². The number of thioether (sulfide) groups is 1. The summed E-state index contributed by atoms with van der Waals surface area (Å²) in [6.07, 6.45) is 3.06. The van der Waals surface area contributed by atoms with E-state index >= 15 is 8.78 Å². The molecule has 2 saturated heterocycles. The first-order valence-electron chi connectivity index (χ1n) is 14.9. The number of carbonyl (C=O) groups excluding carboxylic acids is 1. The Balaban J connectivity index is 1.53. The Morgan fingerprint density at radius 2 is 1.80 bits per heavy atom. The Morgan fingerprint density at radius 1 is 1.09 bits per heavy atom. The van der Waals surface area contributed by atoms with Crippen molar-refractivity contribution in [3.63, 3.8) is 0 Å². The van der Waals surface area contributed by atoms with Crippen LogP contribution in [0.25, 0.3) is 32.8 Å². The predicted molar refractivity (Wildman–Crippen MR) is 175 cm³/mol. The largest absolute Gasteiger partial charge is 0.494 e. The number of nitrogens with zero attached hydrogens (tertiary/aromatic N) is 4. The molecule has 46 heavy (non-hydrogen) atoms. The summed E-state index contributed by atoms with van der Waals surface area (Å²) >= 11 is 8.28. The van der Waals surface area contributed by atoms with Crippen LogP contribution in [0, 0.1) is 11.6 Å². The fraction of sp³-hybridized carbons (Fsp3) is 0.424. The molecule has 0 spiro atoms. The van der Waals surface area contributed by atoms with E-state index in [0.717, 1.165) is 12.8 Å². The number of carbonyl (C=O) groups is 1. The fourth-order valence-corrected chi connectivity index (χ4v) is 7.15. The molecule has 9 nitrogen and oxygen atoms in total. The Labute approximate surface area is 275 Å². The third-order valence-electron chi connectivity index (χ3n) is 8.23. The topological polar surface area (TPSA) is 86.2 Å². The number of benzene rings is 3. The number of halogens is 3. The van der Waals surface area contributed by atoms with Crippen LogP contribution in [0.15, 0.2) is 35.5 Å². The number of ether oxygens (including phenoxy) is 4. The molecule has 1 amide bonds. The van der Waals surface area contributed by atoms with Gasteiger partial charge in [-0.3, -0.25) is 4.90 Å². The van der Waals surface area contributed by atoms with E-state index in [4.69, 9.17) is 35.5 Å². The van der Waals surface area contributed by atoms with Crippen molar-refractivity contribution in [2.75, 3.05) is 45.3 Å². The molecule has 2 atom stereocenters. The van der Waals surface area contributed by atoms with Crippen LogP contribution in [0.4, 0.5) is 19.4 Å². The zero-order chi connectivity index (χ0) is 32.9. The van der Waals surface area contributed by atoms with E-state index in [0.29, 0.717) is 40.6 Å². The highest BCUT2D eigenvalue weighted by atomic mass is 35.5. The monoisotopic (exact) mass is 672 g/mol. The first-order chi connectivity index (χ1) is 21.9. The summed E-state index contributed by atoms with van der Waals surface area (Å²) in [5.41, 5.74) is -0.526. The van der Waals surface area contributed by atoms with E-state index in [2.05, 4.69) is 4.98 Å². The number of fused-ring (bicyclic) bond motifs is 4. The van der Waals surface area contributed by atoms with E-state index < -0.39 is 17.2 Å². The lowest BCUT2D eigenvalue weighted by Gasteiger charge is -2.42. The molecule has 0 saturated carbocycles. The molecule has 3 heterocycles. The maximum absolute atomic E-state index is 17.0. The molecule has 2 aliphatic rings. The molecule has 0 aliphatic carbocycles. The number of piperazine rings is 1. The highest BCUT2D eigenvalue weighted by Crippen LogP contribution is 2.49. The third kappa shape index (κ3) is 5.75. The summed E-state index contributed by atoms with van der Waals surface area (Å²) in [4.78, 5) is 26.4. The molecule has 2 fully saturated rings. The Hall–Kier alpha value is -3.61. The minimum atomic E-state index is -0.747. The number of methoxy groups -OCH3 is 2. The fourth-order valence-electron chi connectivity index (χ4n) is 6.43. The van der Waals surface area contributed by atoms with Gasteiger partial charge in [0.25, 0.3) is 0 Å². The Morgan fingerprint density at radius 3 is 2.43 bits per heavy atom. The smallest absolute Gasteiger partial charge is 0.410 e. The van der Waals surface area contributed by atoms with Crippen molar-refractivity contribution in [1.82, 2.24) is 14.9 Å². The highest BCUT2D eigenvalue weighted by Gasteiger charge is 2.45. The molecule has 0 radical (unpaired) electrons. The van der Waals surface area contributed by atoms with Gasteiger partial charge in [0.2, 0.25) is 0 Å². The summed E-state index contributed by atoms with van der Waals surface area (Å²) in [5, 5.41) is 1.24. The van der Waals surface area contributed by atoms with Crippen molar-refractivity contribution in [1.29, 1.82) is 0 Å². The van der Waals surface area contributed by atoms with Crippen LogP contribution in [0.1, 0.15) is 33.6 Å². The molecule has 2 unspecified atom stereocenters. The quantitative estimate of drug-likeness (QED) is 0.111. The van der Waals surface area contributed by atoms with Gasteiger partial charge in [0, 0.05) is 36.7 Å². The lowest BCUT2D eigenvalue weighted by atomic mass is 9.95. The van der Waals surface area contributed by atoms with Gasteiger partial charge in [0.15, 0.2) is 23.5 Å². The SMILES string of the molecule is COCOc1cc(-c2c(Cl)c(OC)c3c(N4CC5CCC(C4)N5C(=O)OC(C)(C)C)nc(SC)nc3c2F)c2c(F)cccc2c1. The van der Waals surface area contributed by atoms with Crippen LogP contribution in [-0.4, -0.2) is 79.0 Å². The maximum Gasteiger partial charge on any atom is 0.410 e. The van der Waals surface area contributed by atoms with Crippen LogP contribution in [0.2, 0.25) is 5.02 Å². The number of amides is 1. The van der Waals surface area contributed by atoms with E-state index in [-0.39, 0.29) is 57.8 Å². The highest BCUT2D eigenvalue weighted by molar-refractivity contribution is 7.98. The number of hydrogen-bond donors (Lipinski definition) is 0. The molecule has 2 aliphatic heterocycles. The molecular weight excluding hydrogens is 638 g/mol.